The van der Waals surface area contributed by atoms with E-state index in [0.29, 0.717) is 12.3 Å². The second-order valence-electron chi connectivity index (χ2n) is 3.22. The summed E-state index contributed by atoms with van der Waals surface area (Å²) in [6, 6.07) is 0.521. The van der Waals surface area contributed by atoms with Crippen LogP contribution in [-0.2, 0) is 17.4 Å². The third-order valence-corrected chi connectivity index (χ3v) is 1.93. The number of pyridine rings is 1. The number of nitrogens with zero attached hydrogens (tertiary/aromatic N) is 1. The Bertz CT molecular complexity index is 430. The normalized spacial score (nSPS) is 12.5. The highest BCUT2D eigenvalue weighted by atomic mass is 19.4. The maximum Gasteiger partial charge on any atom is 0.416 e. The quantitative estimate of drug-likeness (QED) is 0.843. The summed E-state index contributed by atoms with van der Waals surface area (Å²) >= 11 is 0. The molecule has 1 aromatic rings. The van der Waals surface area contributed by atoms with Gasteiger partial charge in [0.2, 0.25) is 0 Å². The van der Waals surface area contributed by atoms with Gasteiger partial charge >= 0.3 is 18.1 Å². The fourth-order valence-electron chi connectivity index (χ4n) is 1.16. The summed E-state index contributed by atoms with van der Waals surface area (Å²) in [7, 11) is 0. The van der Waals surface area contributed by atoms with Crippen LogP contribution >= 0.6 is 0 Å². The van der Waals surface area contributed by atoms with Gasteiger partial charge in [0, 0.05) is 18.8 Å². The van der Waals surface area contributed by atoms with Crippen molar-refractivity contribution >= 4 is 5.97 Å². The van der Waals surface area contributed by atoms with Gasteiger partial charge in [-0.15, -0.1) is 0 Å². The highest BCUT2D eigenvalue weighted by molar-refractivity contribution is 5.75. The molecule has 0 spiro atoms. The average molecular weight is 255 g/mol. The van der Waals surface area contributed by atoms with Gasteiger partial charge in [-0.05, 0) is 11.6 Å². The Labute approximate surface area is 91.9 Å². The Morgan fingerprint density at radius 2 is 1.88 bits per heavy atom. The van der Waals surface area contributed by atoms with Crippen molar-refractivity contribution in [3.05, 3.63) is 29.6 Å². The van der Waals surface area contributed by atoms with E-state index in [-0.39, 0.29) is 0 Å². The van der Waals surface area contributed by atoms with E-state index in [9.17, 15) is 26.7 Å². The van der Waals surface area contributed by atoms with E-state index in [4.69, 9.17) is 5.11 Å². The van der Waals surface area contributed by atoms with Gasteiger partial charge in [0.05, 0.1) is 5.56 Å². The van der Waals surface area contributed by atoms with Gasteiger partial charge in [-0.1, -0.05) is 0 Å². The Morgan fingerprint density at radius 3 is 2.35 bits per heavy atom. The number of carboxylic acid groups (broad SMARTS) is 1. The third kappa shape index (κ3) is 3.11. The van der Waals surface area contributed by atoms with E-state index in [1.807, 2.05) is 0 Å². The molecule has 0 aliphatic heterocycles. The number of carbonyl (C=O) groups is 1. The summed E-state index contributed by atoms with van der Waals surface area (Å²) in [5.41, 5.74) is -2.17. The van der Waals surface area contributed by atoms with Gasteiger partial charge in [0.15, 0.2) is 0 Å². The lowest BCUT2D eigenvalue weighted by atomic mass is 10.0. The minimum absolute atomic E-state index is 0.521. The molecule has 0 aliphatic rings. The number of hydrogen-bond acceptors (Lipinski definition) is 2. The summed E-state index contributed by atoms with van der Waals surface area (Å²) in [6.45, 7) is 0. The molecule has 0 aromatic carbocycles. The predicted molar refractivity (Wildman–Crippen MR) is 45.5 cm³/mol. The smallest absolute Gasteiger partial charge is 0.416 e. The van der Waals surface area contributed by atoms with Crippen molar-refractivity contribution in [3.8, 4) is 0 Å². The molecule has 0 amide bonds. The van der Waals surface area contributed by atoms with Crippen LogP contribution in [0.1, 0.15) is 11.1 Å². The number of aliphatic carboxylic acids is 1. The molecule has 1 N–H and O–H groups in total. The standard InChI is InChI=1S/C9H6F5NO2/c10-8(11,7(16)17)3-5-4-15-2-1-6(5)9(12,13)14/h1-2,4H,3H2,(H,16,17). The minimum atomic E-state index is -4.83. The summed E-state index contributed by atoms with van der Waals surface area (Å²) < 4.78 is 62.8. The van der Waals surface area contributed by atoms with Crippen LogP contribution in [0.5, 0.6) is 0 Å². The van der Waals surface area contributed by atoms with E-state index in [1.165, 1.54) is 0 Å². The zero-order valence-corrected chi connectivity index (χ0v) is 8.13. The van der Waals surface area contributed by atoms with E-state index < -0.39 is 35.6 Å². The topological polar surface area (TPSA) is 50.2 Å². The zero-order chi connectivity index (χ0) is 13.3. The van der Waals surface area contributed by atoms with Crippen LogP contribution in [0.3, 0.4) is 0 Å². The monoisotopic (exact) mass is 255 g/mol. The van der Waals surface area contributed by atoms with Crippen LogP contribution in [0.2, 0.25) is 0 Å². The molecule has 0 aliphatic carbocycles. The lowest BCUT2D eigenvalue weighted by Gasteiger charge is -2.15. The van der Waals surface area contributed by atoms with Crippen LogP contribution in [0.25, 0.3) is 0 Å². The highest BCUT2D eigenvalue weighted by Gasteiger charge is 2.42. The van der Waals surface area contributed by atoms with Gasteiger partial charge in [-0.25, -0.2) is 4.79 Å². The van der Waals surface area contributed by atoms with Crippen LogP contribution in [0.4, 0.5) is 22.0 Å². The van der Waals surface area contributed by atoms with E-state index in [1.54, 1.807) is 0 Å². The molecule has 0 unspecified atom stereocenters. The SMILES string of the molecule is O=C(O)C(F)(F)Cc1cnccc1C(F)(F)F. The lowest BCUT2D eigenvalue weighted by molar-refractivity contribution is -0.165. The zero-order valence-electron chi connectivity index (χ0n) is 8.13. The van der Waals surface area contributed by atoms with E-state index >= 15 is 0 Å². The summed E-state index contributed by atoms with van der Waals surface area (Å²) in [5.74, 6) is -6.74. The Morgan fingerprint density at radius 1 is 1.29 bits per heavy atom. The molecule has 17 heavy (non-hydrogen) atoms. The van der Waals surface area contributed by atoms with Gasteiger partial charge in [0.25, 0.3) is 0 Å². The van der Waals surface area contributed by atoms with Gasteiger partial charge < -0.3 is 5.11 Å². The Balaban J connectivity index is 3.12. The molecule has 1 heterocycles. The highest BCUT2D eigenvalue weighted by Crippen LogP contribution is 2.33. The van der Waals surface area contributed by atoms with Crippen LogP contribution in [-0.4, -0.2) is 22.0 Å². The predicted octanol–water partition coefficient (Wildman–Crippen LogP) is 2.36. The molecule has 0 radical (unpaired) electrons. The maximum absolute atomic E-state index is 12.8. The molecule has 0 bridgehead atoms. The summed E-state index contributed by atoms with van der Waals surface area (Å²) in [6.07, 6.45) is -5.00. The number of hydrogen-bond donors (Lipinski definition) is 1. The first-order chi connectivity index (χ1) is 7.64. The molecular formula is C9H6F5NO2. The largest absolute Gasteiger partial charge is 0.477 e. The lowest BCUT2D eigenvalue weighted by Crippen LogP contribution is -2.31. The molecule has 1 rings (SSSR count). The molecule has 3 nitrogen and oxygen atoms in total. The Kier molecular flexibility index (Phi) is 3.35. The summed E-state index contributed by atoms with van der Waals surface area (Å²) in [5, 5.41) is 8.14. The van der Waals surface area contributed by atoms with Gasteiger partial charge in [-0.3, -0.25) is 4.98 Å². The second-order valence-corrected chi connectivity index (χ2v) is 3.22. The number of carboxylic acids is 1. The van der Waals surface area contributed by atoms with E-state index in [0.717, 1.165) is 6.20 Å². The first kappa shape index (κ1) is 13.3. The number of alkyl halides is 5. The molecule has 0 fully saturated rings. The first-order valence-electron chi connectivity index (χ1n) is 4.26. The van der Waals surface area contributed by atoms with Gasteiger partial charge in [-0.2, -0.15) is 22.0 Å². The first-order valence-corrected chi connectivity index (χ1v) is 4.26. The Hall–Kier alpha value is -1.73. The van der Waals surface area contributed by atoms with Crippen molar-refractivity contribution in [2.75, 3.05) is 0 Å². The fourth-order valence-corrected chi connectivity index (χ4v) is 1.16. The fraction of sp³-hybridized carbons (Fsp3) is 0.333. The van der Waals surface area contributed by atoms with Crippen molar-refractivity contribution in [2.24, 2.45) is 0 Å². The van der Waals surface area contributed by atoms with Crippen molar-refractivity contribution < 1.29 is 31.9 Å². The number of aromatic nitrogens is 1. The number of halogens is 5. The van der Waals surface area contributed by atoms with Crippen molar-refractivity contribution in [2.45, 2.75) is 18.5 Å². The number of rotatable bonds is 3. The van der Waals surface area contributed by atoms with E-state index in [2.05, 4.69) is 4.98 Å². The average Bonchev–Trinajstić information content (AvgIpc) is 2.15. The minimum Gasteiger partial charge on any atom is -0.477 e. The van der Waals surface area contributed by atoms with Gasteiger partial charge in [0.1, 0.15) is 0 Å². The van der Waals surface area contributed by atoms with Crippen LogP contribution in [0.15, 0.2) is 18.5 Å². The summed E-state index contributed by atoms with van der Waals surface area (Å²) in [4.78, 5) is 13.4. The van der Waals surface area contributed by atoms with Crippen molar-refractivity contribution in [1.82, 2.24) is 4.98 Å². The molecule has 0 saturated heterocycles. The second kappa shape index (κ2) is 4.27. The van der Waals surface area contributed by atoms with Crippen molar-refractivity contribution in [1.29, 1.82) is 0 Å². The molecule has 0 saturated carbocycles. The van der Waals surface area contributed by atoms with Crippen LogP contribution < -0.4 is 0 Å². The van der Waals surface area contributed by atoms with Crippen molar-refractivity contribution in [3.63, 3.8) is 0 Å². The van der Waals surface area contributed by atoms with Crippen LogP contribution in [0, 0.1) is 0 Å². The molecule has 94 valence electrons. The molecule has 0 atom stereocenters. The molecule has 8 heteroatoms. The molecular weight excluding hydrogens is 249 g/mol. The molecule has 1 aromatic heterocycles. The maximum atomic E-state index is 12.8. The third-order valence-electron chi connectivity index (χ3n) is 1.93.